The summed E-state index contributed by atoms with van der Waals surface area (Å²) in [7, 11) is -2.79. The summed E-state index contributed by atoms with van der Waals surface area (Å²) < 4.78 is 32.3. The third kappa shape index (κ3) is 7.79. The second kappa shape index (κ2) is 9.73. The Balaban J connectivity index is 2.71. The van der Waals surface area contributed by atoms with Gasteiger partial charge in [-0.3, -0.25) is 19.6 Å². The molecule has 3 unspecified atom stereocenters. The van der Waals surface area contributed by atoms with E-state index in [0.29, 0.717) is 5.06 Å². The molecular weight excluding hydrogens is 393 g/mol. The van der Waals surface area contributed by atoms with E-state index in [1.807, 2.05) is 0 Å². The van der Waals surface area contributed by atoms with Crippen LogP contribution in [0.4, 0.5) is 0 Å². The Hall–Kier alpha value is -1.61. The Morgan fingerprint density at radius 2 is 1.75 bits per heavy atom. The van der Waals surface area contributed by atoms with Crippen LogP contribution >= 0.6 is 8.25 Å². The first kappa shape index (κ1) is 24.4. The van der Waals surface area contributed by atoms with Crippen molar-refractivity contribution in [1.82, 2.24) is 5.06 Å². The number of esters is 2. The van der Waals surface area contributed by atoms with Crippen molar-refractivity contribution in [3.63, 3.8) is 0 Å². The van der Waals surface area contributed by atoms with Gasteiger partial charge in [-0.15, -0.1) is 0 Å². The molecule has 0 spiro atoms. The number of hydroxylamine groups is 2. The highest BCUT2D eigenvalue weighted by atomic mass is 31.1. The number of nitrogens with zero attached hydrogens (tertiary/aromatic N) is 1. The van der Waals surface area contributed by atoms with Crippen molar-refractivity contribution in [1.29, 1.82) is 0 Å². The smallest absolute Gasteiger partial charge is 0.433 e. The molecule has 0 aromatic carbocycles. The molecule has 0 saturated carbocycles. The van der Waals surface area contributed by atoms with Crippen molar-refractivity contribution >= 4 is 26.1 Å². The molecule has 3 atom stereocenters. The Morgan fingerprint density at radius 1 is 1.18 bits per heavy atom. The molecule has 1 saturated heterocycles. The minimum Gasteiger partial charge on any atom is -0.433 e. The molecule has 160 valence electrons. The lowest BCUT2D eigenvalue weighted by Crippen LogP contribution is -2.42. The van der Waals surface area contributed by atoms with Crippen molar-refractivity contribution in [3.8, 4) is 0 Å². The van der Waals surface area contributed by atoms with Gasteiger partial charge in [-0.05, 0) is 48.0 Å². The first-order valence-corrected chi connectivity index (χ1v) is 9.96. The summed E-state index contributed by atoms with van der Waals surface area (Å²) in [6.45, 7) is 9.29. The summed E-state index contributed by atoms with van der Waals surface area (Å²) in [6.07, 6.45) is -1.20. The monoisotopic (exact) mass is 422 g/mol. The second-order valence-corrected chi connectivity index (χ2v) is 9.47. The maximum absolute atomic E-state index is 12.2. The molecule has 0 bridgehead atoms. The van der Waals surface area contributed by atoms with Gasteiger partial charge >= 0.3 is 20.2 Å². The van der Waals surface area contributed by atoms with E-state index >= 15 is 0 Å². The van der Waals surface area contributed by atoms with Crippen LogP contribution in [0, 0.1) is 16.7 Å². The minimum atomic E-state index is -2.79. The van der Waals surface area contributed by atoms with Crippen molar-refractivity contribution in [2.45, 2.75) is 60.7 Å². The number of carbonyl (C=O) groups is 3. The van der Waals surface area contributed by atoms with Gasteiger partial charge in [0.25, 0.3) is 6.29 Å². The van der Waals surface area contributed by atoms with Crippen LogP contribution in [-0.2, 0) is 37.5 Å². The Kier molecular flexibility index (Phi) is 8.49. The van der Waals surface area contributed by atoms with Gasteiger partial charge in [0.05, 0.1) is 10.8 Å². The van der Waals surface area contributed by atoms with Crippen molar-refractivity contribution in [2.75, 3.05) is 13.3 Å². The van der Waals surface area contributed by atoms with Crippen molar-refractivity contribution < 1.29 is 42.7 Å². The SMILES string of the molecule is CC(C)(C)C(=O)OCO[P+](=O)OC(OC(=O)C(C)(C)C)C1CCN(O)C(=O)C1. The lowest BCUT2D eigenvalue weighted by Gasteiger charge is -2.30. The number of hydrogen-bond donors (Lipinski definition) is 1. The number of rotatable bonds is 7. The van der Waals surface area contributed by atoms with Crippen LogP contribution in [0.2, 0.25) is 0 Å². The lowest BCUT2D eigenvalue weighted by atomic mass is 9.95. The fourth-order valence-corrected chi connectivity index (χ4v) is 2.60. The molecule has 1 aliphatic heterocycles. The standard InChI is InChI=1S/C17H29NO9P/c1-16(2,3)14(20)24-10-25-28(23)27-13(26-15(21)17(4,5)6)11-7-8-18(22)12(19)9-11/h11,13,22H,7-10H2,1-6H3/q+1. The van der Waals surface area contributed by atoms with Crippen LogP contribution in [-0.4, -0.2) is 47.7 Å². The summed E-state index contributed by atoms with van der Waals surface area (Å²) in [6, 6.07) is 0. The van der Waals surface area contributed by atoms with Gasteiger partial charge in [0.2, 0.25) is 12.7 Å². The molecule has 1 aliphatic rings. The van der Waals surface area contributed by atoms with E-state index in [0.717, 1.165) is 0 Å². The number of amides is 1. The summed E-state index contributed by atoms with van der Waals surface area (Å²) in [5, 5.41) is 9.98. The predicted octanol–water partition coefficient (Wildman–Crippen LogP) is 2.77. The molecule has 0 aliphatic carbocycles. The molecule has 11 heteroatoms. The molecule has 1 rings (SSSR count). The Labute approximate surface area is 165 Å². The van der Waals surface area contributed by atoms with Gasteiger partial charge in [0.15, 0.2) is 0 Å². The van der Waals surface area contributed by atoms with E-state index in [4.69, 9.17) is 18.5 Å². The summed E-state index contributed by atoms with van der Waals surface area (Å²) in [5.41, 5.74) is -1.60. The highest BCUT2D eigenvalue weighted by Gasteiger charge is 2.42. The highest BCUT2D eigenvalue weighted by molar-refractivity contribution is 7.33. The highest BCUT2D eigenvalue weighted by Crippen LogP contribution is 2.34. The quantitative estimate of drug-likeness (QED) is 0.285. The van der Waals surface area contributed by atoms with E-state index in [1.54, 1.807) is 41.5 Å². The summed E-state index contributed by atoms with van der Waals surface area (Å²) in [5.74, 6) is -2.33. The number of ether oxygens (including phenoxy) is 2. The van der Waals surface area contributed by atoms with Crippen LogP contribution < -0.4 is 0 Å². The molecular formula is C17H29NO9P+. The van der Waals surface area contributed by atoms with Crippen LogP contribution in [0.1, 0.15) is 54.4 Å². The summed E-state index contributed by atoms with van der Waals surface area (Å²) in [4.78, 5) is 35.6. The molecule has 0 aromatic rings. The van der Waals surface area contributed by atoms with E-state index in [2.05, 4.69) is 0 Å². The van der Waals surface area contributed by atoms with Gasteiger partial charge in [-0.2, -0.15) is 0 Å². The van der Waals surface area contributed by atoms with E-state index < -0.39 is 55.9 Å². The zero-order valence-corrected chi connectivity index (χ0v) is 18.0. The van der Waals surface area contributed by atoms with E-state index in [-0.39, 0.29) is 19.4 Å². The maximum atomic E-state index is 12.2. The number of hydrogen-bond acceptors (Lipinski definition) is 9. The topological polar surface area (TPSA) is 129 Å². The molecule has 1 amide bonds. The average Bonchev–Trinajstić information content (AvgIpc) is 2.54. The number of carbonyl (C=O) groups excluding carboxylic acids is 3. The number of piperidine rings is 1. The molecule has 28 heavy (non-hydrogen) atoms. The zero-order chi connectivity index (χ0) is 21.7. The van der Waals surface area contributed by atoms with E-state index in [1.165, 1.54) is 0 Å². The van der Waals surface area contributed by atoms with Gasteiger partial charge in [0.1, 0.15) is 0 Å². The molecule has 0 aromatic heterocycles. The Bertz CT molecular complexity index is 609. The van der Waals surface area contributed by atoms with Gasteiger partial charge < -0.3 is 9.47 Å². The van der Waals surface area contributed by atoms with Crippen LogP contribution in [0.25, 0.3) is 0 Å². The van der Waals surface area contributed by atoms with Crippen LogP contribution in [0.3, 0.4) is 0 Å². The zero-order valence-electron chi connectivity index (χ0n) is 17.1. The third-order valence-corrected chi connectivity index (χ3v) is 4.50. The molecule has 10 nitrogen and oxygen atoms in total. The average molecular weight is 422 g/mol. The summed E-state index contributed by atoms with van der Waals surface area (Å²) >= 11 is 0. The second-order valence-electron chi connectivity index (χ2n) is 8.55. The lowest BCUT2D eigenvalue weighted by molar-refractivity contribution is -0.196. The van der Waals surface area contributed by atoms with Gasteiger partial charge in [-0.1, -0.05) is 9.05 Å². The molecule has 1 heterocycles. The van der Waals surface area contributed by atoms with Crippen LogP contribution in [0.5, 0.6) is 0 Å². The van der Waals surface area contributed by atoms with Gasteiger partial charge in [-0.25, -0.2) is 5.06 Å². The predicted molar refractivity (Wildman–Crippen MR) is 95.7 cm³/mol. The minimum absolute atomic E-state index is 0.0251. The van der Waals surface area contributed by atoms with Gasteiger partial charge in [0, 0.05) is 23.4 Å². The third-order valence-electron chi connectivity index (χ3n) is 3.81. The fourth-order valence-electron chi connectivity index (χ4n) is 2.02. The molecule has 1 N–H and O–H groups in total. The largest absolute Gasteiger partial charge is 0.704 e. The van der Waals surface area contributed by atoms with E-state index in [9.17, 15) is 24.2 Å². The fraction of sp³-hybridized carbons (Fsp3) is 0.824. The Morgan fingerprint density at radius 3 is 2.25 bits per heavy atom. The molecule has 0 radical (unpaired) electrons. The normalized spacial score (nSPS) is 19.8. The van der Waals surface area contributed by atoms with Crippen molar-refractivity contribution in [3.05, 3.63) is 0 Å². The first-order valence-electron chi connectivity index (χ1n) is 8.86. The maximum Gasteiger partial charge on any atom is 0.704 e. The van der Waals surface area contributed by atoms with Crippen molar-refractivity contribution in [2.24, 2.45) is 16.7 Å². The van der Waals surface area contributed by atoms with Crippen LogP contribution in [0.15, 0.2) is 0 Å². The first-order chi connectivity index (χ1) is 12.7. The molecule has 1 fully saturated rings.